The topological polar surface area (TPSA) is 133 Å². The number of morpholine rings is 1. The number of urea groups is 1. The fraction of sp³-hybridized carbons (Fsp3) is 0.200. The van der Waals surface area contributed by atoms with Crippen molar-refractivity contribution in [3.8, 4) is 0 Å². The zero-order chi connectivity index (χ0) is 26.1. The highest BCUT2D eigenvalue weighted by atomic mass is 32.2. The van der Waals surface area contributed by atoms with Crippen molar-refractivity contribution in [2.75, 3.05) is 47.2 Å². The van der Waals surface area contributed by atoms with E-state index in [0.29, 0.717) is 24.6 Å². The van der Waals surface area contributed by atoms with Crippen molar-refractivity contribution in [1.29, 1.82) is 0 Å². The summed E-state index contributed by atoms with van der Waals surface area (Å²) < 4.78 is 6.84. The smallest absolute Gasteiger partial charge is 0.338 e. The average molecular weight is 550 g/mol. The molecular formula is C25H23N7O4S2. The number of aromatic amines is 1. The maximum Gasteiger partial charge on any atom is 0.338 e. The van der Waals surface area contributed by atoms with Crippen LogP contribution < -0.4 is 31.4 Å². The molecule has 0 aliphatic carbocycles. The largest absolute Gasteiger partial charge is 0.378 e. The van der Waals surface area contributed by atoms with Gasteiger partial charge in [0.05, 0.1) is 36.0 Å². The van der Waals surface area contributed by atoms with Crippen LogP contribution in [-0.2, 0) is 11.3 Å². The first kappa shape index (κ1) is 24.3. The lowest BCUT2D eigenvalue weighted by atomic mass is 10.2. The number of hydrogen-bond acceptors (Lipinski definition) is 9. The molecule has 1 saturated heterocycles. The van der Waals surface area contributed by atoms with E-state index in [2.05, 4.69) is 30.8 Å². The number of nitrogens with one attached hydrogen (secondary N) is 4. The number of amides is 2. The van der Waals surface area contributed by atoms with E-state index in [1.165, 1.54) is 3.96 Å². The first-order valence-corrected chi connectivity index (χ1v) is 13.5. The fourth-order valence-corrected chi connectivity index (χ4v) is 6.04. The van der Waals surface area contributed by atoms with Gasteiger partial charge in [0, 0.05) is 47.1 Å². The van der Waals surface area contributed by atoms with Gasteiger partial charge < -0.3 is 25.6 Å². The molecule has 0 atom stereocenters. The number of fused-ring (bicyclic) bond motifs is 2. The van der Waals surface area contributed by atoms with Crippen molar-refractivity contribution in [3.63, 3.8) is 0 Å². The molecule has 13 heteroatoms. The minimum atomic E-state index is -0.434. The molecule has 2 aromatic heterocycles. The molecule has 194 valence electrons. The molecule has 0 spiro atoms. The monoisotopic (exact) mass is 549 g/mol. The van der Waals surface area contributed by atoms with Gasteiger partial charge in [0.25, 0.3) is 0 Å². The number of H-pyrrole nitrogens is 1. The molecule has 4 aromatic rings. The predicted octanol–water partition coefficient (Wildman–Crippen LogP) is 3.73. The second-order valence-electron chi connectivity index (χ2n) is 8.67. The van der Waals surface area contributed by atoms with Gasteiger partial charge in [-0.15, -0.1) is 0 Å². The van der Waals surface area contributed by atoms with Gasteiger partial charge in [-0.1, -0.05) is 23.9 Å². The van der Waals surface area contributed by atoms with Crippen molar-refractivity contribution in [1.82, 2.24) is 13.9 Å². The summed E-state index contributed by atoms with van der Waals surface area (Å²) in [5.41, 5.74) is 3.65. The van der Waals surface area contributed by atoms with Crippen LogP contribution in [0.1, 0.15) is 5.56 Å². The van der Waals surface area contributed by atoms with Crippen molar-refractivity contribution >= 4 is 57.9 Å². The maximum absolute atomic E-state index is 12.6. The Hall–Kier alpha value is -4.07. The van der Waals surface area contributed by atoms with Crippen LogP contribution in [0.3, 0.4) is 0 Å². The highest BCUT2D eigenvalue weighted by Crippen LogP contribution is 2.48. The Morgan fingerprint density at radius 1 is 1.03 bits per heavy atom. The van der Waals surface area contributed by atoms with Gasteiger partial charge in [-0.3, -0.25) is 9.78 Å². The molecule has 4 N–H and O–H groups in total. The summed E-state index contributed by atoms with van der Waals surface area (Å²) >= 11 is 2.50. The average Bonchev–Trinajstić information content (AvgIpc) is 3.24. The molecule has 4 heterocycles. The van der Waals surface area contributed by atoms with Gasteiger partial charge in [0.1, 0.15) is 5.82 Å². The van der Waals surface area contributed by atoms with Crippen LogP contribution in [0.15, 0.2) is 74.1 Å². The van der Waals surface area contributed by atoms with Crippen molar-refractivity contribution in [3.05, 3.63) is 80.4 Å². The summed E-state index contributed by atoms with van der Waals surface area (Å²) in [5, 5.41) is 9.09. The summed E-state index contributed by atoms with van der Waals surface area (Å²) in [6, 6.07) is 14.5. The number of aromatic nitrogens is 3. The van der Waals surface area contributed by atoms with Crippen LogP contribution in [0.4, 0.5) is 33.4 Å². The molecule has 11 nitrogen and oxygen atoms in total. The van der Waals surface area contributed by atoms with Crippen molar-refractivity contribution in [2.45, 2.75) is 16.3 Å². The Kier molecular flexibility index (Phi) is 6.62. The molecule has 2 amide bonds. The molecular weight excluding hydrogens is 526 g/mol. The zero-order valence-electron chi connectivity index (χ0n) is 20.0. The third-order valence-corrected chi connectivity index (χ3v) is 8.07. The van der Waals surface area contributed by atoms with E-state index in [0.717, 1.165) is 57.2 Å². The highest BCUT2D eigenvalue weighted by Gasteiger charge is 2.24. The highest BCUT2D eigenvalue weighted by molar-refractivity contribution is 8.00. The SMILES string of the molecule is O=C(Nc1ccc(Cn2sc(=O)[nH]c2=O)cc1)Nc1ccc2c(c1)Nc1nccc(N3CCOCC3)c1S2. The Morgan fingerprint density at radius 3 is 2.55 bits per heavy atom. The van der Waals surface area contributed by atoms with E-state index in [1.54, 1.807) is 42.2 Å². The first-order chi connectivity index (χ1) is 18.5. The Balaban J connectivity index is 1.10. The minimum absolute atomic E-state index is 0.279. The van der Waals surface area contributed by atoms with E-state index >= 15 is 0 Å². The molecule has 2 aromatic carbocycles. The van der Waals surface area contributed by atoms with Crippen LogP contribution in [0, 0.1) is 0 Å². The number of benzene rings is 2. The van der Waals surface area contributed by atoms with E-state index < -0.39 is 5.69 Å². The lowest BCUT2D eigenvalue weighted by Gasteiger charge is -2.32. The standard InChI is InChI=1S/C25H23N7O4S2/c33-23(27-16-3-1-15(2-4-16)14-32-24(34)30-25(35)38-32)28-17-5-6-20-18(13-17)29-22-21(37-20)19(7-8-26-22)31-9-11-36-12-10-31/h1-8,13H,9-12,14H2,(H,26,29)(H2,27,28,33)(H,30,34,35). The summed E-state index contributed by atoms with van der Waals surface area (Å²) in [5.74, 6) is 0.794. The lowest BCUT2D eigenvalue weighted by Crippen LogP contribution is -2.36. The molecule has 0 unspecified atom stereocenters. The minimum Gasteiger partial charge on any atom is -0.378 e. The van der Waals surface area contributed by atoms with Crippen LogP contribution in [0.25, 0.3) is 0 Å². The Labute approximate surface area is 225 Å². The Bertz CT molecular complexity index is 1610. The van der Waals surface area contributed by atoms with Gasteiger partial charge >= 0.3 is 16.6 Å². The van der Waals surface area contributed by atoms with Crippen LogP contribution in [0.2, 0.25) is 0 Å². The zero-order valence-corrected chi connectivity index (χ0v) is 21.7. The quantitative estimate of drug-likeness (QED) is 0.261. The van der Waals surface area contributed by atoms with E-state index in [4.69, 9.17) is 4.74 Å². The Morgan fingerprint density at radius 2 is 1.79 bits per heavy atom. The third kappa shape index (κ3) is 5.16. The van der Waals surface area contributed by atoms with Crippen LogP contribution in [0.5, 0.6) is 0 Å². The molecule has 0 radical (unpaired) electrons. The summed E-state index contributed by atoms with van der Waals surface area (Å²) in [4.78, 5) is 46.5. The molecule has 2 aliphatic rings. The first-order valence-electron chi connectivity index (χ1n) is 11.9. The second kappa shape index (κ2) is 10.4. The molecule has 1 fully saturated rings. The summed E-state index contributed by atoms with van der Waals surface area (Å²) in [6.45, 7) is 3.40. The number of rotatable bonds is 5. The molecule has 6 rings (SSSR count). The van der Waals surface area contributed by atoms with E-state index in [1.807, 2.05) is 24.3 Å². The van der Waals surface area contributed by atoms with E-state index in [9.17, 15) is 14.4 Å². The third-order valence-electron chi connectivity index (χ3n) is 6.10. The second-order valence-corrected chi connectivity index (χ2v) is 10.7. The summed E-state index contributed by atoms with van der Waals surface area (Å²) in [7, 11) is 0. The summed E-state index contributed by atoms with van der Waals surface area (Å²) in [6.07, 6.45) is 1.81. The number of carbonyl (C=O) groups is 1. The van der Waals surface area contributed by atoms with Gasteiger partial charge in [-0.25, -0.2) is 18.5 Å². The molecule has 38 heavy (non-hydrogen) atoms. The predicted molar refractivity (Wildman–Crippen MR) is 149 cm³/mol. The van der Waals surface area contributed by atoms with Crippen molar-refractivity contribution in [2.24, 2.45) is 0 Å². The van der Waals surface area contributed by atoms with Gasteiger partial charge in [-0.05, 0) is 42.0 Å². The molecule has 2 aliphatic heterocycles. The number of pyridine rings is 1. The number of anilines is 5. The van der Waals surface area contributed by atoms with Crippen LogP contribution >= 0.6 is 23.3 Å². The number of carbonyl (C=O) groups excluding carboxylic acids is 1. The number of nitrogens with zero attached hydrogens (tertiary/aromatic N) is 3. The number of hydrogen-bond donors (Lipinski definition) is 4. The van der Waals surface area contributed by atoms with E-state index in [-0.39, 0.29) is 17.4 Å². The van der Waals surface area contributed by atoms with Gasteiger partial charge in [0.2, 0.25) is 0 Å². The van der Waals surface area contributed by atoms with Gasteiger partial charge in [-0.2, -0.15) is 0 Å². The fourth-order valence-electron chi connectivity index (χ4n) is 4.28. The normalized spacial score (nSPS) is 14.3. The number of ether oxygens (including phenoxy) is 1. The molecule has 0 saturated carbocycles. The van der Waals surface area contributed by atoms with Crippen LogP contribution in [-0.4, -0.2) is 46.3 Å². The maximum atomic E-state index is 12.6. The van der Waals surface area contributed by atoms with Crippen molar-refractivity contribution < 1.29 is 9.53 Å². The lowest BCUT2D eigenvalue weighted by molar-refractivity contribution is 0.122. The molecule has 0 bridgehead atoms. The van der Waals surface area contributed by atoms with Gasteiger partial charge in [0.15, 0.2) is 0 Å².